The number of fused-ring (bicyclic) bond motifs is 1. The second-order valence-corrected chi connectivity index (χ2v) is 10.3. The van der Waals surface area contributed by atoms with Crippen molar-refractivity contribution in [2.45, 2.75) is 6.17 Å². The number of hydrogen-bond donors (Lipinski definition) is 2. The fourth-order valence-corrected chi connectivity index (χ4v) is 5.84. The second kappa shape index (κ2) is 10.9. The van der Waals surface area contributed by atoms with Gasteiger partial charge in [-0.1, -0.05) is 65.0 Å². The number of aliphatic imine (C=N–C) groups is 1. The molecule has 0 radical (unpaired) electrons. The Bertz CT molecular complexity index is 1710. The maximum absolute atomic E-state index is 13.3. The number of carbonyl (C=O) groups excluding carboxylic acids is 1. The molecule has 7 rings (SSSR count). The quantitative estimate of drug-likeness (QED) is 0.310. The zero-order chi connectivity index (χ0) is 27.6. The highest BCUT2D eigenvalue weighted by Gasteiger charge is 2.29. The molecule has 204 valence electrons. The van der Waals surface area contributed by atoms with Crippen LogP contribution in [0.3, 0.4) is 0 Å². The number of anilines is 3. The summed E-state index contributed by atoms with van der Waals surface area (Å²) in [4.78, 5) is 29.3. The van der Waals surface area contributed by atoms with Gasteiger partial charge in [0.2, 0.25) is 6.17 Å². The third kappa shape index (κ3) is 5.06. The summed E-state index contributed by atoms with van der Waals surface area (Å²) in [5, 5.41) is 16.2. The number of morpholine rings is 1. The first-order valence-corrected chi connectivity index (χ1v) is 13.9. The Morgan fingerprint density at radius 1 is 0.927 bits per heavy atom. The topological polar surface area (TPSA) is 131 Å². The Labute approximate surface area is 239 Å². The first-order valence-electron chi connectivity index (χ1n) is 13.1. The molecule has 1 fully saturated rings. The minimum atomic E-state index is -1.01. The van der Waals surface area contributed by atoms with Crippen LogP contribution in [0.5, 0.6) is 0 Å². The molecule has 2 aliphatic rings. The molecule has 2 N–H and O–H groups in total. The van der Waals surface area contributed by atoms with E-state index in [4.69, 9.17) is 19.1 Å². The molecule has 0 unspecified atom stereocenters. The van der Waals surface area contributed by atoms with Crippen molar-refractivity contribution in [2.75, 3.05) is 41.8 Å². The van der Waals surface area contributed by atoms with Gasteiger partial charge >= 0.3 is 6.01 Å². The molecule has 0 saturated carbocycles. The zero-order valence-electron chi connectivity index (χ0n) is 21.7. The average Bonchev–Trinajstić information content (AvgIpc) is 3.65. The first kappa shape index (κ1) is 25.1. The third-order valence-corrected chi connectivity index (χ3v) is 7.88. The van der Waals surface area contributed by atoms with Crippen molar-refractivity contribution in [1.29, 1.82) is 0 Å². The van der Waals surface area contributed by atoms with Crippen molar-refractivity contribution in [2.24, 2.45) is 4.99 Å². The van der Waals surface area contributed by atoms with Crippen molar-refractivity contribution in [3.05, 3.63) is 90.3 Å². The highest BCUT2D eigenvalue weighted by molar-refractivity contribution is 7.19. The molecular formula is C29H24N8O3S. The summed E-state index contributed by atoms with van der Waals surface area (Å²) >= 11 is 1.55. The van der Waals surface area contributed by atoms with Crippen molar-refractivity contribution >= 4 is 39.7 Å². The summed E-state index contributed by atoms with van der Waals surface area (Å²) in [6, 6.07) is 21.2. The molecule has 1 amide bonds. The Morgan fingerprint density at radius 2 is 1.71 bits per heavy atom. The van der Waals surface area contributed by atoms with Crippen LogP contribution < -0.4 is 15.5 Å². The number of nitrogens with one attached hydrogen (secondary N) is 2. The summed E-state index contributed by atoms with van der Waals surface area (Å²) in [6.07, 6.45) is 2.46. The number of aromatic nitrogens is 4. The predicted octanol–water partition coefficient (Wildman–Crippen LogP) is 4.32. The number of hydrogen-bond acceptors (Lipinski definition) is 11. The van der Waals surface area contributed by atoms with E-state index in [0.29, 0.717) is 30.3 Å². The van der Waals surface area contributed by atoms with Gasteiger partial charge in [0.05, 0.1) is 24.6 Å². The lowest BCUT2D eigenvalue weighted by Gasteiger charge is -2.27. The Kier molecular flexibility index (Phi) is 6.67. The van der Waals surface area contributed by atoms with E-state index < -0.39 is 6.17 Å². The number of amides is 1. The van der Waals surface area contributed by atoms with Crippen LogP contribution in [-0.4, -0.2) is 64.3 Å². The molecule has 2 aliphatic heterocycles. The van der Waals surface area contributed by atoms with Crippen LogP contribution in [0.15, 0.2) is 88.5 Å². The van der Waals surface area contributed by atoms with Crippen LogP contribution in [0.25, 0.3) is 22.2 Å². The van der Waals surface area contributed by atoms with Gasteiger partial charge in [0, 0.05) is 42.2 Å². The van der Waals surface area contributed by atoms with E-state index in [1.54, 1.807) is 23.7 Å². The van der Waals surface area contributed by atoms with Crippen LogP contribution >= 0.6 is 11.3 Å². The van der Waals surface area contributed by atoms with Crippen LogP contribution in [0.4, 0.5) is 16.7 Å². The van der Waals surface area contributed by atoms with Crippen molar-refractivity contribution in [1.82, 2.24) is 20.2 Å². The van der Waals surface area contributed by atoms with E-state index in [1.807, 2.05) is 66.7 Å². The third-order valence-electron chi connectivity index (χ3n) is 6.72. The second-order valence-electron chi connectivity index (χ2n) is 9.35. The minimum Gasteiger partial charge on any atom is -0.402 e. The number of benzodiazepines with no additional fused rings is 1. The maximum Gasteiger partial charge on any atom is 0.317 e. The summed E-state index contributed by atoms with van der Waals surface area (Å²) in [7, 11) is 0. The highest BCUT2D eigenvalue weighted by Crippen LogP contribution is 2.40. The molecule has 3 aromatic heterocycles. The van der Waals surface area contributed by atoms with E-state index in [9.17, 15) is 4.79 Å². The molecule has 0 spiro atoms. The lowest BCUT2D eigenvalue weighted by atomic mass is 10.0. The SMILES string of the molecule is O=C1Nc2ccccc2C(c2ccccc2)=N[C@@H]1Nc1nnc(-c2nc(-c3ccncc3)sc2N2CCOCC2)o1. The van der Waals surface area contributed by atoms with E-state index in [0.717, 1.165) is 39.8 Å². The van der Waals surface area contributed by atoms with E-state index in [1.165, 1.54) is 0 Å². The van der Waals surface area contributed by atoms with Crippen LogP contribution in [-0.2, 0) is 9.53 Å². The lowest BCUT2D eigenvalue weighted by molar-refractivity contribution is -0.116. The Morgan fingerprint density at radius 3 is 2.54 bits per heavy atom. The van der Waals surface area contributed by atoms with Gasteiger partial charge in [-0.15, -0.1) is 5.10 Å². The molecule has 2 aromatic carbocycles. The van der Waals surface area contributed by atoms with Crippen molar-refractivity contribution in [3.8, 4) is 22.2 Å². The van der Waals surface area contributed by atoms with Crippen molar-refractivity contribution < 1.29 is 13.9 Å². The Hall–Kier alpha value is -4.94. The maximum atomic E-state index is 13.3. The van der Waals surface area contributed by atoms with Crippen LogP contribution in [0.1, 0.15) is 11.1 Å². The first-order chi connectivity index (χ1) is 20.2. The number of thiazole rings is 1. The molecule has 12 heteroatoms. The Balaban J connectivity index is 1.23. The van der Waals surface area contributed by atoms with Crippen LogP contribution in [0, 0.1) is 0 Å². The molecule has 41 heavy (non-hydrogen) atoms. The lowest BCUT2D eigenvalue weighted by Crippen LogP contribution is -2.35. The number of nitrogens with zero attached hydrogens (tertiary/aromatic N) is 6. The largest absolute Gasteiger partial charge is 0.402 e. The fourth-order valence-electron chi connectivity index (χ4n) is 4.73. The number of rotatable bonds is 6. The van der Waals surface area contributed by atoms with Crippen LogP contribution in [0.2, 0.25) is 0 Å². The molecule has 5 aromatic rings. The van der Waals surface area contributed by atoms with E-state index in [2.05, 4.69) is 30.7 Å². The number of ether oxygens (including phenoxy) is 1. The van der Waals surface area contributed by atoms with Gasteiger partial charge in [-0.3, -0.25) is 9.78 Å². The molecule has 1 saturated heterocycles. The molecule has 1 atom stereocenters. The van der Waals surface area contributed by atoms with Gasteiger partial charge in [0.1, 0.15) is 10.0 Å². The number of pyridine rings is 1. The zero-order valence-corrected chi connectivity index (χ0v) is 22.5. The summed E-state index contributed by atoms with van der Waals surface area (Å²) in [5.41, 5.74) is 4.58. The molecular weight excluding hydrogens is 540 g/mol. The molecule has 0 bridgehead atoms. The smallest absolute Gasteiger partial charge is 0.317 e. The van der Waals surface area contributed by atoms with E-state index >= 15 is 0 Å². The van der Waals surface area contributed by atoms with Gasteiger partial charge < -0.3 is 24.7 Å². The molecule has 0 aliphatic carbocycles. The van der Waals surface area contributed by atoms with E-state index in [-0.39, 0.29) is 17.8 Å². The number of carbonyl (C=O) groups is 1. The van der Waals surface area contributed by atoms with Gasteiger partial charge in [0.15, 0.2) is 5.69 Å². The summed E-state index contributed by atoms with van der Waals surface area (Å²) in [5.74, 6) is -0.0964. The van der Waals surface area contributed by atoms with Crippen molar-refractivity contribution in [3.63, 3.8) is 0 Å². The van der Waals surface area contributed by atoms with Gasteiger partial charge in [0.25, 0.3) is 11.8 Å². The van der Waals surface area contributed by atoms with Gasteiger partial charge in [-0.2, -0.15) is 0 Å². The standard InChI is InChI=1S/C29H24N8O3S/c38-25-24(32-22(18-6-2-1-3-7-18)20-8-4-5-9-21(20)31-25)34-29-36-35-26(40-29)23-28(37-14-16-39-17-15-37)41-27(33-23)19-10-12-30-13-11-19/h1-13,24H,14-17H2,(H,31,38)(H,34,36)/t24-/m1/s1. The van der Waals surface area contributed by atoms with Gasteiger partial charge in [-0.05, 0) is 18.2 Å². The summed E-state index contributed by atoms with van der Waals surface area (Å²) < 4.78 is 11.6. The molecule has 5 heterocycles. The summed E-state index contributed by atoms with van der Waals surface area (Å²) in [6.45, 7) is 2.70. The normalized spacial score (nSPS) is 16.9. The predicted molar refractivity (Wildman–Crippen MR) is 156 cm³/mol. The monoisotopic (exact) mass is 564 g/mol. The highest BCUT2D eigenvalue weighted by atomic mass is 32.1. The number of para-hydroxylation sites is 1. The fraction of sp³-hybridized carbons (Fsp3) is 0.172. The number of benzene rings is 2. The van der Waals surface area contributed by atoms with Gasteiger partial charge in [-0.25, -0.2) is 9.98 Å². The molecule has 11 nitrogen and oxygen atoms in total. The minimum absolute atomic E-state index is 0.0636. The average molecular weight is 565 g/mol.